The topological polar surface area (TPSA) is 29.5 Å². The number of fused-ring (bicyclic) bond motifs is 1. The van der Waals surface area contributed by atoms with Gasteiger partial charge in [-0.3, -0.25) is 4.79 Å². The van der Waals surface area contributed by atoms with E-state index in [2.05, 4.69) is 19.1 Å². The Morgan fingerprint density at radius 3 is 2.89 bits per heavy atom. The zero-order chi connectivity index (χ0) is 12.6. The average Bonchev–Trinajstić information content (AvgIpc) is 2.91. The van der Waals surface area contributed by atoms with E-state index in [1.807, 2.05) is 23.1 Å². The molecule has 18 heavy (non-hydrogen) atoms. The zero-order valence-corrected chi connectivity index (χ0v) is 10.8. The molecule has 0 spiro atoms. The van der Waals surface area contributed by atoms with Crippen LogP contribution in [0.1, 0.15) is 44.2 Å². The Bertz CT molecular complexity index is 445. The van der Waals surface area contributed by atoms with Gasteiger partial charge in [-0.2, -0.15) is 0 Å². The zero-order valence-electron chi connectivity index (χ0n) is 10.8. The van der Waals surface area contributed by atoms with Gasteiger partial charge in [-0.05, 0) is 12.0 Å². The lowest BCUT2D eigenvalue weighted by atomic mass is 10.0. The second-order valence-corrected chi connectivity index (χ2v) is 5.20. The lowest BCUT2D eigenvalue weighted by Crippen LogP contribution is -2.42. The Morgan fingerprint density at radius 1 is 1.39 bits per heavy atom. The molecule has 2 saturated heterocycles. The van der Waals surface area contributed by atoms with Crippen LogP contribution in [0.3, 0.4) is 0 Å². The van der Waals surface area contributed by atoms with E-state index >= 15 is 0 Å². The molecule has 2 aliphatic heterocycles. The molecule has 2 heterocycles. The summed E-state index contributed by atoms with van der Waals surface area (Å²) in [5, 5.41) is 0. The second-order valence-electron chi connectivity index (χ2n) is 5.20. The summed E-state index contributed by atoms with van der Waals surface area (Å²) in [5.41, 5.74) is 0.873. The first kappa shape index (κ1) is 11.7. The van der Waals surface area contributed by atoms with Crippen molar-refractivity contribution in [2.75, 3.05) is 6.61 Å². The largest absolute Gasteiger partial charge is 0.353 e. The number of nitrogens with zero attached hydrogens (tertiary/aromatic N) is 1. The maximum atomic E-state index is 12.2. The fourth-order valence-electron chi connectivity index (χ4n) is 3.31. The van der Waals surface area contributed by atoms with Gasteiger partial charge in [0.15, 0.2) is 0 Å². The van der Waals surface area contributed by atoms with Crippen LogP contribution in [0.15, 0.2) is 30.3 Å². The minimum Gasteiger partial charge on any atom is -0.353 e. The van der Waals surface area contributed by atoms with E-state index in [1.165, 1.54) is 5.56 Å². The number of carbonyl (C=O) groups excluding carboxylic acids is 1. The molecule has 0 unspecified atom stereocenters. The van der Waals surface area contributed by atoms with Gasteiger partial charge in [0.05, 0.1) is 12.6 Å². The highest BCUT2D eigenvalue weighted by Gasteiger charge is 2.53. The van der Waals surface area contributed by atoms with Crippen molar-refractivity contribution in [2.24, 2.45) is 0 Å². The van der Waals surface area contributed by atoms with Crippen LogP contribution < -0.4 is 0 Å². The molecule has 1 amide bonds. The van der Waals surface area contributed by atoms with E-state index in [9.17, 15) is 4.79 Å². The molecular weight excluding hydrogens is 226 g/mol. The van der Waals surface area contributed by atoms with Gasteiger partial charge in [-0.25, -0.2) is 0 Å². The van der Waals surface area contributed by atoms with Gasteiger partial charge in [0.2, 0.25) is 5.91 Å². The first-order chi connectivity index (χ1) is 8.77. The molecular formula is C15H19NO2. The lowest BCUT2D eigenvalue weighted by molar-refractivity contribution is -0.139. The Hall–Kier alpha value is -1.35. The van der Waals surface area contributed by atoms with Crippen LogP contribution in [0.2, 0.25) is 0 Å². The predicted octanol–water partition coefficient (Wildman–Crippen LogP) is 2.88. The standard InChI is InChI=1S/C15H19NO2/c1-2-9-15-10-8-14(17)16(15)13(11-18-15)12-6-4-3-5-7-12/h3-7,13H,2,8-11H2,1H3/t13-,15-/m1/s1. The van der Waals surface area contributed by atoms with E-state index in [4.69, 9.17) is 4.74 Å². The molecule has 2 atom stereocenters. The van der Waals surface area contributed by atoms with Crippen LogP contribution in [0, 0.1) is 0 Å². The van der Waals surface area contributed by atoms with Crippen molar-refractivity contribution in [3.05, 3.63) is 35.9 Å². The van der Waals surface area contributed by atoms with Crippen LogP contribution in [-0.4, -0.2) is 23.1 Å². The summed E-state index contributed by atoms with van der Waals surface area (Å²) < 4.78 is 6.05. The quantitative estimate of drug-likeness (QED) is 0.819. The van der Waals surface area contributed by atoms with Crippen molar-refractivity contribution in [1.82, 2.24) is 4.90 Å². The monoisotopic (exact) mass is 245 g/mol. The third-order valence-electron chi connectivity index (χ3n) is 4.08. The first-order valence-corrected chi connectivity index (χ1v) is 6.78. The SMILES string of the molecule is CCC[C@@]12CCC(=O)N1[C@@H](c1ccccc1)CO2. The van der Waals surface area contributed by atoms with Crippen molar-refractivity contribution >= 4 is 5.91 Å². The van der Waals surface area contributed by atoms with Crippen LogP contribution in [-0.2, 0) is 9.53 Å². The molecule has 3 nitrogen and oxygen atoms in total. The molecule has 0 bridgehead atoms. The smallest absolute Gasteiger partial charge is 0.225 e. The Kier molecular flexibility index (Phi) is 2.86. The van der Waals surface area contributed by atoms with Crippen molar-refractivity contribution in [1.29, 1.82) is 0 Å². The van der Waals surface area contributed by atoms with Gasteiger partial charge in [0.25, 0.3) is 0 Å². The van der Waals surface area contributed by atoms with Crippen molar-refractivity contribution in [3.63, 3.8) is 0 Å². The number of rotatable bonds is 3. The van der Waals surface area contributed by atoms with E-state index < -0.39 is 0 Å². The summed E-state index contributed by atoms with van der Waals surface area (Å²) in [6, 6.07) is 10.3. The molecule has 2 fully saturated rings. The molecule has 0 saturated carbocycles. The highest BCUT2D eigenvalue weighted by molar-refractivity contribution is 5.80. The maximum absolute atomic E-state index is 12.2. The maximum Gasteiger partial charge on any atom is 0.225 e. The minimum atomic E-state index is -0.313. The molecule has 0 aliphatic carbocycles. The van der Waals surface area contributed by atoms with Gasteiger partial charge >= 0.3 is 0 Å². The molecule has 2 aliphatic rings. The number of hydrogen-bond acceptors (Lipinski definition) is 2. The first-order valence-electron chi connectivity index (χ1n) is 6.78. The van der Waals surface area contributed by atoms with Gasteiger partial charge in [-0.1, -0.05) is 43.7 Å². The predicted molar refractivity (Wildman–Crippen MR) is 68.9 cm³/mol. The molecule has 1 aromatic rings. The van der Waals surface area contributed by atoms with Crippen LogP contribution in [0.5, 0.6) is 0 Å². The molecule has 3 rings (SSSR count). The van der Waals surface area contributed by atoms with E-state index in [1.54, 1.807) is 0 Å². The Morgan fingerprint density at radius 2 is 2.17 bits per heavy atom. The molecule has 1 aromatic carbocycles. The van der Waals surface area contributed by atoms with Crippen LogP contribution in [0.4, 0.5) is 0 Å². The molecule has 0 aromatic heterocycles. The number of hydrogen-bond donors (Lipinski definition) is 0. The third-order valence-corrected chi connectivity index (χ3v) is 4.08. The highest BCUT2D eigenvalue weighted by atomic mass is 16.5. The van der Waals surface area contributed by atoms with E-state index in [-0.39, 0.29) is 17.7 Å². The Balaban J connectivity index is 1.93. The summed E-state index contributed by atoms with van der Waals surface area (Å²) >= 11 is 0. The summed E-state index contributed by atoms with van der Waals surface area (Å²) in [5.74, 6) is 0.245. The van der Waals surface area contributed by atoms with Gasteiger partial charge in [-0.15, -0.1) is 0 Å². The van der Waals surface area contributed by atoms with Gasteiger partial charge < -0.3 is 9.64 Å². The lowest BCUT2D eigenvalue weighted by Gasteiger charge is -2.33. The summed E-state index contributed by atoms with van der Waals surface area (Å²) in [6.07, 6.45) is 3.47. The fourth-order valence-corrected chi connectivity index (χ4v) is 3.31. The van der Waals surface area contributed by atoms with Crippen molar-refractivity contribution in [2.45, 2.75) is 44.4 Å². The fraction of sp³-hybridized carbons (Fsp3) is 0.533. The van der Waals surface area contributed by atoms with Gasteiger partial charge in [0.1, 0.15) is 5.72 Å². The molecule has 96 valence electrons. The minimum absolute atomic E-state index is 0.104. The molecule has 0 radical (unpaired) electrons. The van der Waals surface area contributed by atoms with Crippen molar-refractivity contribution < 1.29 is 9.53 Å². The molecule has 3 heteroatoms. The Labute approximate surface area is 108 Å². The van der Waals surface area contributed by atoms with Crippen LogP contribution >= 0.6 is 0 Å². The van der Waals surface area contributed by atoms with Crippen LogP contribution in [0.25, 0.3) is 0 Å². The number of ether oxygens (including phenoxy) is 1. The van der Waals surface area contributed by atoms with E-state index in [0.29, 0.717) is 13.0 Å². The van der Waals surface area contributed by atoms with Gasteiger partial charge in [0, 0.05) is 12.8 Å². The number of carbonyl (C=O) groups is 1. The highest BCUT2D eigenvalue weighted by Crippen LogP contribution is 2.46. The number of benzene rings is 1. The summed E-state index contributed by atoms with van der Waals surface area (Å²) in [4.78, 5) is 14.2. The van der Waals surface area contributed by atoms with E-state index in [0.717, 1.165) is 19.3 Å². The average molecular weight is 245 g/mol. The number of amides is 1. The summed E-state index contributed by atoms with van der Waals surface area (Å²) in [7, 11) is 0. The normalized spacial score (nSPS) is 30.8. The van der Waals surface area contributed by atoms with Crippen molar-refractivity contribution in [3.8, 4) is 0 Å². The second kappa shape index (κ2) is 4.39. The summed E-state index contributed by atoms with van der Waals surface area (Å²) in [6.45, 7) is 2.78. The molecule has 0 N–H and O–H groups in total. The third kappa shape index (κ3) is 1.65.